The van der Waals surface area contributed by atoms with Crippen molar-refractivity contribution in [2.24, 2.45) is 10.9 Å². The van der Waals surface area contributed by atoms with Gasteiger partial charge in [0.05, 0.1) is 0 Å². The standard InChI is InChI=1S/C19H30N4O2/c1-2-20-19(21-11-6-12-25-15-17-9-10-17)23-14-18(24)22-13-16-7-4-3-5-8-16/h3-5,7-8,17H,2,6,9-15H2,1H3,(H,22,24)(H2,20,21,23). The van der Waals surface area contributed by atoms with Crippen molar-refractivity contribution < 1.29 is 9.53 Å². The first-order valence-corrected chi connectivity index (χ1v) is 9.18. The van der Waals surface area contributed by atoms with Crippen LogP contribution in [0.5, 0.6) is 0 Å². The fourth-order valence-electron chi connectivity index (χ4n) is 2.26. The van der Waals surface area contributed by atoms with E-state index in [4.69, 9.17) is 4.74 Å². The number of amides is 1. The lowest BCUT2D eigenvalue weighted by Crippen LogP contribution is -2.39. The molecular weight excluding hydrogens is 316 g/mol. The summed E-state index contributed by atoms with van der Waals surface area (Å²) in [5.41, 5.74) is 1.08. The zero-order valence-corrected chi connectivity index (χ0v) is 15.1. The largest absolute Gasteiger partial charge is 0.381 e. The molecule has 2 rings (SSSR count). The number of guanidine groups is 1. The van der Waals surface area contributed by atoms with Gasteiger partial charge in [-0.3, -0.25) is 4.79 Å². The van der Waals surface area contributed by atoms with Crippen LogP contribution in [0.4, 0.5) is 0 Å². The van der Waals surface area contributed by atoms with Crippen LogP contribution in [-0.2, 0) is 16.1 Å². The Morgan fingerprint density at radius 2 is 2.00 bits per heavy atom. The van der Waals surface area contributed by atoms with Crippen LogP contribution in [0.1, 0.15) is 31.7 Å². The molecule has 1 aliphatic carbocycles. The molecule has 6 heteroatoms. The topological polar surface area (TPSA) is 74.8 Å². The molecule has 0 spiro atoms. The second-order valence-corrected chi connectivity index (χ2v) is 6.26. The van der Waals surface area contributed by atoms with Gasteiger partial charge in [0.2, 0.25) is 5.91 Å². The zero-order chi connectivity index (χ0) is 17.7. The first-order valence-electron chi connectivity index (χ1n) is 9.18. The zero-order valence-electron chi connectivity index (χ0n) is 15.1. The average molecular weight is 346 g/mol. The lowest BCUT2D eigenvalue weighted by Gasteiger charge is -2.11. The van der Waals surface area contributed by atoms with E-state index in [1.807, 2.05) is 37.3 Å². The fraction of sp³-hybridized carbons (Fsp3) is 0.579. The second kappa shape index (κ2) is 11.5. The Morgan fingerprint density at radius 1 is 1.20 bits per heavy atom. The minimum absolute atomic E-state index is 0.0891. The van der Waals surface area contributed by atoms with E-state index in [9.17, 15) is 4.79 Å². The molecule has 0 saturated heterocycles. The summed E-state index contributed by atoms with van der Waals surface area (Å²) in [6.45, 7) is 5.84. The molecule has 0 aliphatic heterocycles. The van der Waals surface area contributed by atoms with Crippen LogP contribution >= 0.6 is 0 Å². The summed E-state index contributed by atoms with van der Waals surface area (Å²) < 4.78 is 5.61. The van der Waals surface area contributed by atoms with Crippen LogP contribution in [0.2, 0.25) is 0 Å². The first kappa shape index (κ1) is 19.2. The molecule has 0 unspecified atom stereocenters. The molecule has 138 valence electrons. The number of nitrogens with one attached hydrogen (secondary N) is 3. The van der Waals surface area contributed by atoms with Gasteiger partial charge in [0.1, 0.15) is 6.54 Å². The third kappa shape index (κ3) is 9.10. The molecular formula is C19H30N4O2. The normalized spacial score (nSPS) is 14.2. The molecule has 0 radical (unpaired) electrons. The van der Waals surface area contributed by atoms with Gasteiger partial charge in [0, 0.05) is 32.8 Å². The van der Waals surface area contributed by atoms with E-state index in [1.165, 1.54) is 12.8 Å². The highest BCUT2D eigenvalue weighted by molar-refractivity contribution is 5.84. The summed E-state index contributed by atoms with van der Waals surface area (Å²) in [6.07, 6.45) is 3.57. The van der Waals surface area contributed by atoms with Gasteiger partial charge in [-0.15, -0.1) is 0 Å². The summed E-state index contributed by atoms with van der Waals surface area (Å²) >= 11 is 0. The maximum atomic E-state index is 11.9. The van der Waals surface area contributed by atoms with E-state index >= 15 is 0 Å². The Labute approximate surface area is 150 Å². The van der Waals surface area contributed by atoms with E-state index in [0.29, 0.717) is 12.5 Å². The van der Waals surface area contributed by atoms with Crippen LogP contribution in [0.3, 0.4) is 0 Å². The van der Waals surface area contributed by atoms with Gasteiger partial charge in [-0.25, -0.2) is 4.99 Å². The average Bonchev–Trinajstić information content (AvgIpc) is 3.46. The smallest absolute Gasteiger partial charge is 0.242 e. The Kier molecular flexibility index (Phi) is 8.83. The maximum Gasteiger partial charge on any atom is 0.242 e. The molecule has 25 heavy (non-hydrogen) atoms. The maximum absolute atomic E-state index is 11.9. The van der Waals surface area contributed by atoms with Gasteiger partial charge in [-0.1, -0.05) is 30.3 Å². The predicted octanol–water partition coefficient (Wildman–Crippen LogP) is 1.67. The predicted molar refractivity (Wildman–Crippen MR) is 100 cm³/mol. The van der Waals surface area contributed by atoms with Crippen LogP contribution in [0.15, 0.2) is 35.3 Å². The van der Waals surface area contributed by atoms with Crippen LogP contribution in [-0.4, -0.2) is 44.7 Å². The van der Waals surface area contributed by atoms with E-state index < -0.39 is 0 Å². The molecule has 1 fully saturated rings. The van der Waals surface area contributed by atoms with Crippen LogP contribution in [0.25, 0.3) is 0 Å². The minimum Gasteiger partial charge on any atom is -0.381 e. The Bertz CT molecular complexity index is 529. The van der Waals surface area contributed by atoms with Crippen LogP contribution < -0.4 is 16.0 Å². The third-order valence-corrected chi connectivity index (χ3v) is 3.87. The lowest BCUT2D eigenvalue weighted by molar-refractivity contribution is -0.119. The van der Waals surface area contributed by atoms with Gasteiger partial charge < -0.3 is 20.7 Å². The van der Waals surface area contributed by atoms with Crippen molar-refractivity contribution in [2.45, 2.75) is 32.7 Å². The summed E-state index contributed by atoms with van der Waals surface area (Å²) in [5.74, 6) is 1.38. The lowest BCUT2D eigenvalue weighted by atomic mass is 10.2. The number of ether oxygens (including phenoxy) is 1. The van der Waals surface area contributed by atoms with Gasteiger partial charge >= 0.3 is 0 Å². The number of nitrogens with zero attached hydrogens (tertiary/aromatic N) is 1. The molecule has 1 saturated carbocycles. The Balaban J connectivity index is 1.60. The molecule has 3 N–H and O–H groups in total. The van der Waals surface area contributed by atoms with Gasteiger partial charge in [0.25, 0.3) is 0 Å². The molecule has 1 aromatic carbocycles. The molecule has 1 aliphatic rings. The molecule has 1 aromatic rings. The SMILES string of the molecule is CCNC(=NCC(=O)NCc1ccccc1)NCCCOCC1CC1. The van der Waals surface area contributed by atoms with Crippen molar-refractivity contribution in [3.8, 4) is 0 Å². The number of carbonyl (C=O) groups is 1. The molecule has 6 nitrogen and oxygen atoms in total. The number of carbonyl (C=O) groups excluding carboxylic acids is 1. The summed E-state index contributed by atoms with van der Waals surface area (Å²) in [6, 6.07) is 9.85. The van der Waals surface area contributed by atoms with E-state index in [1.54, 1.807) is 0 Å². The summed E-state index contributed by atoms with van der Waals surface area (Å²) in [4.78, 5) is 16.2. The summed E-state index contributed by atoms with van der Waals surface area (Å²) in [7, 11) is 0. The number of aliphatic imine (C=N–C) groups is 1. The fourth-order valence-corrected chi connectivity index (χ4v) is 2.26. The third-order valence-electron chi connectivity index (χ3n) is 3.87. The number of benzene rings is 1. The van der Waals surface area contributed by atoms with Gasteiger partial charge in [-0.05, 0) is 37.7 Å². The quantitative estimate of drug-likeness (QED) is 0.324. The van der Waals surface area contributed by atoms with Crippen molar-refractivity contribution in [1.29, 1.82) is 0 Å². The van der Waals surface area contributed by atoms with E-state index in [-0.39, 0.29) is 12.5 Å². The number of rotatable bonds is 11. The van der Waals surface area contributed by atoms with Crippen molar-refractivity contribution in [3.05, 3.63) is 35.9 Å². The van der Waals surface area contributed by atoms with Crippen molar-refractivity contribution in [3.63, 3.8) is 0 Å². The van der Waals surface area contributed by atoms with Crippen molar-refractivity contribution in [2.75, 3.05) is 32.8 Å². The van der Waals surface area contributed by atoms with E-state index in [0.717, 1.165) is 44.2 Å². The van der Waals surface area contributed by atoms with Gasteiger partial charge in [-0.2, -0.15) is 0 Å². The van der Waals surface area contributed by atoms with E-state index in [2.05, 4.69) is 20.9 Å². The number of hydrogen-bond donors (Lipinski definition) is 3. The second-order valence-electron chi connectivity index (χ2n) is 6.26. The molecule has 0 heterocycles. The highest BCUT2D eigenvalue weighted by Gasteiger charge is 2.20. The Hall–Kier alpha value is -2.08. The van der Waals surface area contributed by atoms with Crippen LogP contribution in [0, 0.1) is 5.92 Å². The molecule has 0 aromatic heterocycles. The molecule has 0 atom stereocenters. The Morgan fingerprint density at radius 3 is 2.72 bits per heavy atom. The molecule has 1 amide bonds. The minimum atomic E-state index is -0.0891. The summed E-state index contributed by atoms with van der Waals surface area (Å²) in [5, 5.41) is 9.26. The van der Waals surface area contributed by atoms with Crippen molar-refractivity contribution >= 4 is 11.9 Å². The van der Waals surface area contributed by atoms with Gasteiger partial charge in [0.15, 0.2) is 5.96 Å². The highest BCUT2D eigenvalue weighted by atomic mass is 16.5. The monoisotopic (exact) mass is 346 g/mol. The molecule has 0 bridgehead atoms. The van der Waals surface area contributed by atoms with Crippen molar-refractivity contribution in [1.82, 2.24) is 16.0 Å². The number of hydrogen-bond acceptors (Lipinski definition) is 3. The first-order chi connectivity index (χ1) is 12.3. The highest BCUT2D eigenvalue weighted by Crippen LogP contribution is 2.28.